The molecule has 1 aromatic rings. The van der Waals surface area contributed by atoms with Crippen LogP contribution in [-0.2, 0) is 6.18 Å². The molecule has 0 bridgehead atoms. The molecule has 1 atom stereocenters. The number of benzene rings is 1. The minimum atomic E-state index is -4.51. The maximum atomic E-state index is 12.9. The Morgan fingerprint density at radius 2 is 2.05 bits per heavy atom. The Hall–Kier alpha value is -1.76. The van der Waals surface area contributed by atoms with E-state index in [1.807, 2.05) is 0 Å². The van der Waals surface area contributed by atoms with Gasteiger partial charge in [-0.1, -0.05) is 6.07 Å². The summed E-state index contributed by atoms with van der Waals surface area (Å²) in [5.74, 6) is 0. The van der Waals surface area contributed by atoms with Crippen LogP contribution in [0.25, 0.3) is 0 Å². The van der Waals surface area contributed by atoms with Gasteiger partial charge >= 0.3 is 12.2 Å². The molecule has 4 N–H and O–H groups in total. The largest absolute Gasteiger partial charge is 0.416 e. The summed E-state index contributed by atoms with van der Waals surface area (Å²) < 4.78 is 38.7. The van der Waals surface area contributed by atoms with E-state index in [2.05, 4.69) is 10.6 Å². The molecule has 0 spiro atoms. The molecule has 4 nitrogen and oxygen atoms in total. The molecule has 0 aliphatic heterocycles. The van der Waals surface area contributed by atoms with Crippen LogP contribution in [-0.4, -0.2) is 12.6 Å². The first-order valence-electron chi connectivity index (χ1n) is 5.77. The number of nitrogens with two attached hydrogens (primary N) is 1. The van der Waals surface area contributed by atoms with E-state index < -0.39 is 23.8 Å². The number of carbonyl (C=O) groups is 1. The predicted octanol–water partition coefficient (Wildman–Crippen LogP) is 2.87. The molecule has 0 fully saturated rings. The van der Waals surface area contributed by atoms with E-state index in [-0.39, 0.29) is 11.3 Å². The third kappa shape index (κ3) is 4.13. The lowest BCUT2D eigenvalue weighted by Crippen LogP contribution is -2.28. The van der Waals surface area contributed by atoms with Crippen LogP contribution in [0.15, 0.2) is 18.2 Å². The van der Waals surface area contributed by atoms with Crippen LogP contribution >= 0.6 is 0 Å². The van der Waals surface area contributed by atoms with E-state index >= 15 is 0 Å². The molecule has 0 radical (unpaired) electrons. The summed E-state index contributed by atoms with van der Waals surface area (Å²) in [6.45, 7) is 3.57. The second-order valence-electron chi connectivity index (χ2n) is 4.07. The van der Waals surface area contributed by atoms with Gasteiger partial charge in [0.1, 0.15) is 0 Å². The molecule has 0 heterocycles. The minimum Gasteiger partial charge on any atom is -0.338 e. The zero-order valence-corrected chi connectivity index (χ0v) is 10.6. The summed E-state index contributed by atoms with van der Waals surface area (Å²) in [4.78, 5) is 11.3. The van der Waals surface area contributed by atoms with Gasteiger partial charge in [0.05, 0.1) is 5.56 Å². The first-order chi connectivity index (χ1) is 8.75. The van der Waals surface area contributed by atoms with Crippen LogP contribution in [0.5, 0.6) is 0 Å². The average molecular weight is 275 g/mol. The maximum Gasteiger partial charge on any atom is 0.416 e. The summed E-state index contributed by atoms with van der Waals surface area (Å²) in [6.07, 6.45) is -4.51. The van der Waals surface area contributed by atoms with Gasteiger partial charge in [-0.3, -0.25) is 0 Å². The van der Waals surface area contributed by atoms with Crippen molar-refractivity contribution in [3.05, 3.63) is 29.3 Å². The normalized spacial score (nSPS) is 12.9. The fraction of sp³-hybridized carbons (Fsp3) is 0.417. The molecule has 7 heteroatoms. The SMILES string of the molecule is CCNC(=O)Nc1ccc(C(C)N)c(C(F)(F)F)c1. The lowest BCUT2D eigenvalue weighted by atomic mass is 10.0. The Kier molecular flexibility index (Phi) is 4.77. The van der Waals surface area contributed by atoms with Crippen molar-refractivity contribution < 1.29 is 18.0 Å². The quantitative estimate of drug-likeness (QED) is 0.794. The molecular formula is C12H16F3N3O. The molecule has 0 aliphatic carbocycles. The fourth-order valence-corrected chi connectivity index (χ4v) is 1.61. The van der Waals surface area contributed by atoms with E-state index in [0.29, 0.717) is 6.54 Å². The van der Waals surface area contributed by atoms with Gasteiger partial charge in [0.15, 0.2) is 0 Å². The zero-order chi connectivity index (χ0) is 14.6. The highest BCUT2D eigenvalue weighted by Gasteiger charge is 2.34. The summed E-state index contributed by atoms with van der Waals surface area (Å²) in [7, 11) is 0. The number of urea groups is 1. The van der Waals surface area contributed by atoms with Gasteiger partial charge in [-0.15, -0.1) is 0 Å². The van der Waals surface area contributed by atoms with Gasteiger partial charge in [0.25, 0.3) is 0 Å². The topological polar surface area (TPSA) is 67.2 Å². The first kappa shape index (κ1) is 15.3. The van der Waals surface area contributed by atoms with E-state index in [0.717, 1.165) is 6.07 Å². The van der Waals surface area contributed by atoms with Gasteiger partial charge in [-0.05, 0) is 31.5 Å². The molecule has 106 valence electrons. The van der Waals surface area contributed by atoms with E-state index in [4.69, 9.17) is 5.73 Å². The molecule has 2 amide bonds. The van der Waals surface area contributed by atoms with Crippen molar-refractivity contribution in [3.8, 4) is 0 Å². The molecule has 0 saturated carbocycles. The molecule has 0 aliphatic rings. The van der Waals surface area contributed by atoms with Crippen LogP contribution in [0.2, 0.25) is 0 Å². The molecule has 0 aromatic heterocycles. The van der Waals surface area contributed by atoms with Crippen LogP contribution in [0.3, 0.4) is 0 Å². The number of hydrogen-bond donors (Lipinski definition) is 3. The number of anilines is 1. The molecule has 1 rings (SSSR count). The van der Waals surface area contributed by atoms with Crippen LogP contribution in [0.1, 0.15) is 31.0 Å². The number of carbonyl (C=O) groups excluding carboxylic acids is 1. The maximum absolute atomic E-state index is 12.9. The lowest BCUT2D eigenvalue weighted by molar-refractivity contribution is -0.138. The Labute approximate surface area is 109 Å². The lowest BCUT2D eigenvalue weighted by Gasteiger charge is -2.17. The third-order valence-corrected chi connectivity index (χ3v) is 2.44. The van der Waals surface area contributed by atoms with Gasteiger partial charge in [0.2, 0.25) is 0 Å². The van der Waals surface area contributed by atoms with Crippen LogP contribution in [0.4, 0.5) is 23.7 Å². The van der Waals surface area contributed by atoms with Crippen molar-refractivity contribution in [3.63, 3.8) is 0 Å². The van der Waals surface area contributed by atoms with E-state index in [1.54, 1.807) is 6.92 Å². The van der Waals surface area contributed by atoms with Crippen molar-refractivity contribution in [2.24, 2.45) is 5.73 Å². The van der Waals surface area contributed by atoms with Crippen molar-refractivity contribution in [1.82, 2.24) is 5.32 Å². The number of halogens is 3. The number of rotatable bonds is 3. The van der Waals surface area contributed by atoms with Gasteiger partial charge in [0, 0.05) is 18.3 Å². The van der Waals surface area contributed by atoms with Crippen LogP contribution in [0, 0.1) is 0 Å². The third-order valence-electron chi connectivity index (χ3n) is 2.44. The molecular weight excluding hydrogens is 259 g/mol. The van der Waals surface area contributed by atoms with Crippen LogP contribution < -0.4 is 16.4 Å². The Bertz CT molecular complexity index is 458. The van der Waals surface area contributed by atoms with Crippen molar-refractivity contribution in [2.75, 3.05) is 11.9 Å². The second-order valence-corrected chi connectivity index (χ2v) is 4.07. The standard InChI is InChI=1S/C12H16F3N3O/c1-3-17-11(19)18-8-4-5-9(7(2)16)10(6-8)12(13,14)15/h4-7H,3,16H2,1-2H3,(H2,17,18,19). The van der Waals surface area contributed by atoms with Crippen molar-refractivity contribution >= 4 is 11.7 Å². The molecule has 19 heavy (non-hydrogen) atoms. The smallest absolute Gasteiger partial charge is 0.338 e. The highest BCUT2D eigenvalue weighted by molar-refractivity contribution is 5.89. The zero-order valence-electron chi connectivity index (χ0n) is 10.6. The fourth-order valence-electron chi connectivity index (χ4n) is 1.61. The Morgan fingerprint density at radius 3 is 2.53 bits per heavy atom. The first-order valence-corrected chi connectivity index (χ1v) is 5.77. The number of nitrogens with one attached hydrogen (secondary N) is 2. The second kappa shape index (κ2) is 5.92. The Balaban J connectivity index is 3.09. The monoisotopic (exact) mass is 275 g/mol. The van der Waals surface area contributed by atoms with Gasteiger partial charge in [-0.25, -0.2) is 4.79 Å². The predicted molar refractivity (Wildman–Crippen MR) is 66.7 cm³/mol. The highest BCUT2D eigenvalue weighted by atomic mass is 19.4. The molecule has 0 saturated heterocycles. The minimum absolute atomic E-state index is 0.00560. The average Bonchev–Trinajstić information content (AvgIpc) is 2.27. The number of alkyl halides is 3. The van der Waals surface area contributed by atoms with Gasteiger partial charge < -0.3 is 16.4 Å². The Morgan fingerprint density at radius 1 is 1.42 bits per heavy atom. The summed E-state index contributed by atoms with van der Waals surface area (Å²) >= 11 is 0. The van der Waals surface area contributed by atoms with Crippen molar-refractivity contribution in [2.45, 2.75) is 26.1 Å². The molecule has 1 unspecified atom stereocenters. The van der Waals surface area contributed by atoms with E-state index in [9.17, 15) is 18.0 Å². The number of hydrogen-bond acceptors (Lipinski definition) is 2. The summed E-state index contributed by atoms with van der Waals surface area (Å²) in [6, 6.07) is 2.26. The highest BCUT2D eigenvalue weighted by Crippen LogP contribution is 2.35. The number of amides is 2. The summed E-state index contributed by atoms with van der Waals surface area (Å²) in [5.41, 5.74) is 4.74. The van der Waals surface area contributed by atoms with Gasteiger partial charge in [-0.2, -0.15) is 13.2 Å². The van der Waals surface area contributed by atoms with E-state index in [1.165, 1.54) is 19.1 Å². The molecule has 1 aromatic carbocycles. The summed E-state index contributed by atoms with van der Waals surface area (Å²) in [5, 5.41) is 4.76. The van der Waals surface area contributed by atoms with Crippen molar-refractivity contribution in [1.29, 1.82) is 0 Å².